The van der Waals surface area contributed by atoms with Crippen LogP contribution in [0.25, 0.3) is 0 Å². The Bertz CT molecular complexity index is 592. The van der Waals surface area contributed by atoms with Crippen LogP contribution in [0.1, 0.15) is 29.9 Å². The Kier molecular flexibility index (Phi) is 8.03. The molecule has 0 saturated carbocycles. The Hall–Kier alpha value is -1.10. The number of piperidine rings is 1. The lowest BCUT2D eigenvalue weighted by Crippen LogP contribution is -2.29. The van der Waals surface area contributed by atoms with Gasteiger partial charge in [-0.25, -0.2) is 9.37 Å². The van der Waals surface area contributed by atoms with Gasteiger partial charge in [-0.05, 0) is 56.5 Å². The molecule has 1 saturated heterocycles. The van der Waals surface area contributed by atoms with Gasteiger partial charge in [-0.15, -0.1) is 24.8 Å². The molecule has 0 spiro atoms. The second-order valence-corrected chi connectivity index (χ2v) is 5.93. The lowest BCUT2D eigenvalue weighted by molar-refractivity contribution is 0.363. The highest BCUT2D eigenvalue weighted by atomic mass is 35.5. The summed E-state index contributed by atoms with van der Waals surface area (Å²) in [6, 6.07) is 6.74. The van der Waals surface area contributed by atoms with Gasteiger partial charge in [-0.1, -0.05) is 12.1 Å². The fourth-order valence-corrected chi connectivity index (χ4v) is 3.01. The summed E-state index contributed by atoms with van der Waals surface area (Å²) in [4.78, 5) is 4.59. The second kappa shape index (κ2) is 9.26. The summed E-state index contributed by atoms with van der Waals surface area (Å²) in [5.74, 6) is 1.69. The SMILES string of the molecule is Cc1cnc(CC2CCNCC2)n1Cc1ccc(F)cc1.Cl.Cl. The molecule has 0 unspecified atom stereocenters. The summed E-state index contributed by atoms with van der Waals surface area (Å²) in [5, 5.41) is 3.40. The standard InChI is InChI=1S/C17H22FN3.2ClH/c1-13-11-20-17(10-14-6-8-19-9-7-14)21(13)12-15-2-4-16(18)5-3-15;;/h2-5,11,14,19H,6-10,12H2,1H3;2*1H. The van der Waals surface area contributed by atoms with E-state index in [1.54, 1.807) is 0 Å². The van der Waals surface area contributed by atoms with Crippen molar-refractivity contribution in [3.63, 3.8) is 0 Å². The van der Waals surface area contributed by atoms with Gasteiger partial charge in [0.15, 0.2) is 0 Å². The summed E-state index contributed by atoms with van der Waals surface area (Å²) in [6.07, 6.45) is 5.43. The van der Waals surface area contributed by atoms with Crippen LogP contribution >= 0.6 is 24.8 Å². The molecule has 1 aliphatic heterocycles. The average molecular weight is 360 g/mol. The third kappa shape index (κ3) is 5.20. The average Bonchev–Trinajstić information content (AvgIpc) is 2.84. The monoisotopic (exact) mass is 359 g/mol. The van der Waals surface area contributed by atoms with E-state index in [1.807, 2.05) is 18.3 Å². The van der Waals surface area contributed by atoms with E-state index in [4.69, 9.17) is 0 Å². The molecule has 0 aliphatic carbocycles. The molecule has 1 fully saturated rings. The minimum Gasteiger partial charge on any atom is -0.328 e. The molecular formula is C17H24Cl2FN3. The molecular weight excluding hydrogens is 336 g/mol. The Morgan fingerprint density at radius 1 is 1.17 bits per heavy atom. The lowest BCUT2D eigenvalue weighted by atomic mass is 9.94. The van der Waals surface area contributed by atoms with Crippen molar-refractivity contribution in [2.24, 2.45) is 5.92 Å². The summed E-state index contributed by atoms with van der Waals surface area (Å²) in [5.41, 5.74) is 2.28. The van der Waals surface area contributed by atoms with Gasteiger partial charge >= 0.3 is 0 Å². The molecule has 1 aromatic carbocycles. The van der Waals surface area contributed by atoms with Crippen LogP contribution in [-0.4, -0.2) is 22.6 Å². The maximum atomic E-state index is 13.0. The summed E-state index contributed by atoms with van der Waals surface area (Å²) in [6.45, 7) is 5.08. The number of benzene rings is 1. The predicted octanol–water partition coefficient (Wildman–Crippen LogP) is 3.76. The van der Waals surface area contributed by atoms with E-state index >= 15 is 0 Å². The van der Waals surface area contributed by atoms with Crippen molar-refractivity contribution < 1.29 is 4.39 Å². The number of aromatic nitrogens is 2. The Balaban J connectivity index is 0.00000132. The molecule has 1 aromatic heterocycles. The zero-order valence-corrected chi connectivity index (χ0v) is 14.9. The van der Waals surface area contributed by atoms with E-state index in [0.29, 0.717) is 0 Å². The molecule has 0 bridgehead atoms. The maximum absolute atomic E-state index is 13.0. The van der Waals surface area contributed by atoms with Gasteiger partial charge in [0.2, 0.25) is 0 Å². The Labute approximate surface area is 149 Å². The molecule has 2 aromatic rings. The van der Waals surface area contributed by atoms with E-state index in [2.05, 4.69) is 21.8 Å². The first-order valence-corrected chi connectivity index (χ1v) is 7.68. The van der Waals surface area contributed by atoms with E-state index in [9.17, 15) is 4.39 Å². The molecule has 0 atom stereocenters. The molecule has 0 radical (unpaired) electrons. The molecule has 3 nitrogen and oxygen atoms in total. The smallest absolute Gasteiger partial charge is 0.123 e. The zero-order chi connectivity index (χ0) is 14.7. The predicted molar refractivity (Wildman–Crippen MR) is 96.3 cm³/mol. The second-order valence-electron chi connectivity index (χ2n) is 5.93. The highest BCUT2D eigenvalue weighted by Gasteiger charge is 2.17. The number of halogens is 3. The molecule has 3 rings (SSSR count). The molecule has 6 heteroatoms. The molecule has 2 heterocycles. The van der Waals surface area contributed by atoms with E-state index in [-0.39, 0.29) is 30.6 Å². The first-order valence-electron chi connectivity index (χ1n) is 7.68. The Morgan fingerprint density at radius 3 is 2.48 bits per heavy atom. The molecule has 1 N–H and O–H groups in total. The number of aryl methyl sites for hydroxylation is 1. The molecule has 128 valence electrons. The van der Waals surface area contributed by atoms with Crippen molar-refractivity contribution >= 4 is 24.8 Å². The lowest BCUT2D eigenvalue weighted by Gasteiger charge is -2.22. The summed E-state index contributed by atoms with van der Waals surface area (Å²) in [7, 11) is 0. The quantitative estimate of drug-likeness (QED) is 0.900. The summed E-state index contributed by atoms with van der Waals surface area (Å²) >= 11 is 0. The van der Waals surface area contributed by atoms with Gasteiger partial charge in [0, 0.05) is 24.9 Å². The van der Waals surface area contributed by atoms with Crippen molar-refractivity contribution in [1.29, 1.82) is 0 Å². The first-order chi connectivity index (χ1) is 10.2. The van der Waals surface area contributed by atoms with Crippen molar-refractivity contribution in [3.8, 4) is 0 Å². The highest BCUT2D eigenvalue weighted by Crippen LogP contribution is 2.19. The minimum atomic E-state index is -0.184. The van der Waals surface area contributed by atoms with Gasteiger partial charge in [0.25, 0.3) is 0 Å². The van der Waals surface area contributed by atoms with Gasteiger partial charge in [-0.2, -0.15) is 0 Å². The molecule has 23 heavy (non-hydrogen) atoms. The van der Waals surface area contributed by atoms with Crippen LogP contribution in [0.5, 0.6) is 0 Å². The van der Waals surface area contributed by atoms with Crippen LogP contribution in [0.15, 0.2) is 30.5 Å². The van der Waals surface area contributed by atoms with Gasteiger partial charge in [0.05, 0.1) is 0 Å². The topological polar surface area (TPSA) is 29.9 Å². The van der Waals surface area contributed by atoms with Crippen molar-refractivity contribution in [2.75, 3.05) is 13.1 Å². The summed E-state index contributed by atoms with van der Waals surface area (Å²) < 4.78 is 15.3. The highest BCUT2D eigenvalue weighted by molar-refractivity contribution is 5.85. The third-order valence-corrected chi connectivity index (χ3v) is 4.32. The number of rotatable bonds is 4. The van der Waals surface area contributed by atoms with E-state index in [1.165, 1.54) is 30.7 Å². The van der Waals surface area contributed by atoms with Crippen LogP contribution in [-0.2, 0) is 13.0 Å². The largest absolute Gasteiger partial charge is 0.328 e. The fourth-order valence-electron chi connectivity index (χ4n) is 3.01. The van der Waals surface area contributed by atoms with E-state index < -0.39 is 0 Å². The first kappa shape index (κ1) is 19.9. The minimum absolute atomic E-state index is 0. The van der Waals surface area contributed by atoms with Crippen molar-refractivity contribution in [1.82, 2.24) is 14.9 Å². The van der Waals surface area contributed by atoms with Crippen LogP contribution in [0.3, 0.4) is 0 Å². The number of hydrogen-bond donors (Lipinski definition) is 1. The number of nitrogens with one attached hydrogen (secondary N) is 1. The normalized spacial score (nSPS) is 14.9. The van der Waals surface area contributed by atoms with Crippen molar-refractivity contribution in [2.45, 2.75) is 32.7 Å². The zero-order valence-electron chi connectivity index (χ0n) is 13.3. The number of nitrogens with zero attached hydrogens (tertiary/aromatic N) is 2. The fraction of sp³-hybridized carbons (Fsp3) is 0.471. The molecule has 0 amide bonds. The maximum Gasteiger partial charge on any atom is 0.123 e. The van der Waals surface area contributed by atoms with Crippen LogP contribution in [0.4, 0.5) is 4.39 Å². The molecule has 1 aliphatic rings. The van der Waals surface area contributed by atoms with Crippen LogP contribution in [0.2, 0.25) is 0 Å². The van der Waals surface area contributed by atoms with E-state index in [0.717, 1.165) is 43.4 Å². The van der Waals surface area contributed by atoms with Crippen LogP contribution in [0, 0.1) is 18.7 Å². The van der Waals surface area contributed by atoms with Crippen molar-refractivity contribution in [3.05, 3.63) is 53.4 Å². The van der Waals surface area contributed by atoms with Gasteiger partial charge < -0.3 is 9.88 Å². The third-order valence-electron chi connectivity index (χ3n) is 4.32. The number of hydrogen-bond acceptors (Lipinski definition) is 2. The Morgan fingerprint density at radius 2 is 1.83 bits per heavy atom. The number of imidazole rings is 1. The van der Waals surface area contributed by atoms with Gasteiger partial charge in [0.1, 0.15) is 11.6 Å². The van der Waals surface area contributed by atoms with Gasteiger partial charge in [-0.3, -0.25) is 0 Å². The van der Waals surface area contributed by atoms with Crippen LogP contribution < -0.4 is 5.32 Å².